The number of nitrogens with zero attached hydrogens (tertiary/aromatic N) is 2. The quantitative estimate of drug-likeness (QED) is 0.731. The van der Waals surface area contributed by atoms with Crippen LogP contribution in [0, 0.1) is 25.2 Å². The van der Waals surface area contributed by atoms with Gasteiger partial charge >= 0.3 is 0 Å². The molecule has 2 amide bonds. The van der Waals surface area contributed by atoms with Gasteiger partial charge in [-0.2, -0.15) is 5.26 Å². The number of hydrogen-bond acceptors (Lipinski definition) is 5. The summed E-state index contributed by atoms with van der Waals surface area (Å²) in [5.41, 5.74) is 1.87. The summed E-state index contributed by atoms with van der Waals surface area (Å²) in [6.45, 7) is 3.77. The van der Waals surface area contributed by atoms with E-state index < -0.39 is 0 Å². The van der Waals surface area contributed by atoms with Crippen molar-refractivity contribution < 1.29 is 9.59 Å². The Morgan fingerprint density at radius 3 is 2.37 bits per heavy atom. The summed E-state index contributed by atoms with van der Waals surface area (Å²) in [5.74, 6) is -0.582. The van der Waals surface area contributed by atoms with E-state index in [-0.39, 0.29) is 24.9 Å². The molecule has 2 rings (SSSR count). The van der Waals surface area contributed by atoms with Crippen molar-refractivity contribution in [3.8, 4) is 6.07 Å². The van der Waals surface area contributed by atoms with Gasteiger partial charge in [0.1, 0.15) is 11.1 Å². The van der Waals surface area contributed by atoms with Crippen LogP contribution in [-0.2, 0) is 9.59 Å². The van der Waals surface area contributed by atoms with E-state index in [9.17, 15) is 14.9 Å². The van der Waals surface area contributed by atoms with Crippen molar-refractivity contribution in [3.63, 3.8) is 0 Å². The van der Waals surface area contributed by atoms with Gasteiger partial charge in [0.05, 0.1) is 28.7 Å². The van der Waals surface area contributed by atoms with E-state index >= 15 is 0 Å². The first kappa shape index (κ1) is 21.2. The molecular formula is C18H18Cl2N4O2S. The van der Waals surface area contributed by atoms with Gasteiger partial charge in [0.15, 0.2) is 0 Å². The van der Waals surface area contributed by atoms with E-state index in [0.717, 1.165) is 10.4 Å². The highest BCUT2D eigenvalue weighted by Crippen LogP contribution is 2.31. The van der Waals surface area contributed by atoms with E-state index in [0.29, 0.717) is 26.3 Å². The van der Waals surface area contributed by atoms with Crippen molar-refractivity contribution in [2.75, 3.05) is 30.8 Å². The molecule has 0 radical (unpaired) electrons. The van der Waals surface area contributed by atoms with Crippen LogP contribution in [0.5, 0.6) is 0 Å². The Kier molecular flexibility index (Phi) is 7.22. The second-order valence-electron chi connectivity index (χ2n) is 6.00. The maximum atomic E-state index is 12.2. The van der Waals surface area contributed by atoms with Crippen LogP contribution in [0.1, 0.15) is 16.0 Å². The first-order chi connectivity index (χ1) is 12.7. The molecule has 1 aromatic carbocycles. The molecule has 0 aliphatic heterocycles. The monoisotopic (exact) mass is 424 g/mol. The first-order valence-corrected chi connectivity index (χ1v) is 9.52. The van der Waals surface area contributed by atoms with Crippen LogP contribution in [0.15, 0.2) is 18.2 Å². The zero-order chi connectivity index (χ0) is 20.1. The average Bonchev–Trinajstić information content (AvgIpc) is 2.83. The Hall–Kier alpha value is -2.11. The number of carbonyl (C=O) groups excluding carboxylic acids is 2. The number of benzene rings is 1. The smallest absolute Gasteiger partial charge is 0.239 e. The molecule has 0 fully saturated rings. The number of thiophene rings is 1. The van der Waals surface area contributed by atoms with Crippen LogP contribution in [0.2, 0.25) is 10.0 Å². The van der Waals surface area contributed by atoms with Gasteiger partial charge in [-0.3, -0.25) is 14.5 Å². The lowest BCUT2D eigenvalue weighted by molar-refractivity contribution is -0.119. The van der Waals surface area contributed by atoms with Crippen molar-refractivity contribution >= 4 is 57.0 Å². The number of likely N-dealkylation sites (N-methyl/N-ethyl adjacent to an activating group) is 1. The number of nitriles is 1. The highest BCUT2D eigenvalue weighted by atomic mass is 35.5. The maximum absolute atomic E-state index is 12.2. The van der Waals surface area contributed by atoms with E-state index in [4.69, 9.17) is 23.2 Å². The molecule has 0 spiro atoms. The first-order valence-electron chi connectivity index (χ1n) is 7.94. The van der Waals surface area contributed by atoms with Crippen molar-refractivity contribution in [1.29, 1.82) is 5.26 Å². The molecule has 142 valence electrons. The second kappa shape index (κ2) is 9.20. The molecule has 0 atom stereocenters. The molecule has 9 heteroatoms. The molecule has 1 heterocycles. The maximum Gasteiger partial charge on any atom is 0.239 e. The normalized spacial score (nSPS) is 10.6. The largest absolute Gasteiger partial charge is 0.325 e. The standard InChI is InChI=1S/C18H18Cl2N4O2S/c1-10-11(2)27-18(13(10)7-21)23-17(26)9-24(3)8-16(25)22-12-4-5-14(19)15(20)6-12/h4-6H,8-9H2,1-3H3,(H,22,25)(H,23,26). The minimum absolute atomic E-state index is 0.00958. The lowest BCUT2D eigenvalue weighted by Gasteiger charge is -2.16. The average molecular weight is 425 g/mol. The molecule has 27 heavy (non-hydrogen) atoms. The third-order valence-corrected chi connectivity index (χ3v) is 5.64. The van der Waals surface area contributed by atoms with Crippen LogP contribution in [0.4, 0.5) is 10.7 Å². The van der Waals surface area contributed by atoms with Crippen molar-refractivity contribution in [2.24, 2.45) is 0 Å². The molecule has 0 aliphatic carbocycles. The molecule has 2 N–H and O–H groups in total. The fourth-order valence-corrected chi connectivity index (χ4v) is 3.66. The predicted molar refractivity (Wildman–Crippen MR) is 110 cm³/mol. The van der Waals surface area contributed by atoms with Crippen LogP contribution >= 0.6 is 34.5 Å². The molecule has 0 unspecified atom stereocenters. The summed E-state index contributed by atoms with van der Waals surface area (Å²) in [6, 6.07) is 6.90. The van der Waals surface area contributed by atoms with Crippen LogP contribution in [0.3, 0.4) is 0 Å². The highest BCUT2D eigenvalue weighted by Gasteiger charge is 2.16. The van der Waals surface area contributed by atoms with Crippen LogP contribution in [-0.4, -0.2) is 36.9 Å². The van der Waals surface area contributed by atoms with Crippen LogP contribution < -0.4 is 10.6 Å². The molecule has 1 aromatic heterocycles. The van der Waals surface area contributed by atoms with Gasteiger partial charge in [-0.05, 0) is 44.7 Å². The van der Waals surface area contributed by atoms with Gasteiger partial charge in [0.25, 0.3) is 0 Å². The fourth-order valence-electron chi connectivity index (χ4n) is 2.34. The lowest BCUT2D eigenvalue weighted by Crippen LogP contribution is -2.36. The Bertz CT molecular complexity index is 921. The SMILES string of the molecule is Cc1sc(NC(=O)CN(C)CC(=O)Nc2ccc(Cl)c(Cl)c2)c(C#N)c1C. The van der Waals surface area contributed by atoms with E-state index in [2.05, 4.69) is 16.7 Å². The lowest BCUT2D eigenvalue weighted by atomic mass is 10.2. The van der Waals surface area contributed by atoms with E-state index in [1.165, 1.54) is 11.3 Å². The van der Waals surface area contributed by atoms with Crippen molar-refractivity contribution in [2.45, 2.75) is 13.8 Å². The van der Waals surface area contributed by atoms with Gasteiger partial charge < -0.3 is 10.6 Å². The number of hydrogen-bond donors (Lipinski definition) is 2. The van der Waals surface area contributed by atoms with E-state index in [1.807, 2.05) is 13.8 Å². The number of nitrogens with one attached hydrogen (secondary N) is 2. The molecule has 0 saturated heterocycles. The van der Waals surface area contributed by atoms with Gasteiger partial charge in [-0.15, -0.1) is 11.3 Å². The Morgan fingerprint density at radius 1 is 1.15 bits per heavy atom. The molecule has 2 aromatic rings. The number of anilines is 2. The molecule has 0 saturated carbocycles. The molecule has 0 aliphatic rings. The minimum atomic E-state index is -0.294. The summed E-state index contributed by atoms with van der Waals surface area (Å²) in [7, 11) is 1.66. The zero-order valence-electron chi connectivity index (χ0n) is 15.0. The topological polar surface area (TPSA) is 85.2 Å². The molecule has 6 nitrogen and oxygen atoms in total. The number of rotatable bonds is 6. The van der Waals surface area contributed by atoms with Crippen LogP contribution in [0.25, 0.3) is 0 Å². The number of halogens is 2. The van der Waals surface area contributed by atoms with Gasteiger partial charge in [-0.1, -0.05) is 23.2 Å². The molecule has 0 bridgehead atoms. The Morgan fingerprint density at radius 2 is 1.78 bits per heavy atom. The zero-order valence-corrected chi connectivity index (χ0v) is 17.3. The Balaban J connectivity index is 1.89. The highest BCUT2D eigenvalue weighted by molar-refractivity contribution is 7.16. The van der Waals surface area contributed by atoms with E-state index in [1.54, 1.807) is 30.1 Å². The van der Waals surface area contributed by atoms with Gasteiger partial charge in [-0.25, -0.2) is 0 Å². The summed E-state index contributed by atoms with van der Waals surface area (Å²) in [4.78, 5) is 26.9. The fraction of sp³-hybridized carbons (Fsp3) is 0.278. The number of aryl methyl sites for hydroxylation is 1. The van der Waals surface area contributed by atoms with Gasteiger partial charge in [0, 0.05) is 10.6 Å². The summed E-state index contributed by atoms with van der Waals surface area (Å²) in [6.07, 6.45) is 0. The van der Waals surface area contributed by atoms with Crippen molar-refractivity contribution in [3.05, 3.63) is 44.2 Å². The van der Waals surface area contributed by atoms with Crippen molar-refractivity contribution in [1.82, 2.24) is 4.90 Å². The third kappa shape index (κ3) is 5.68. The van der Waals surface area contributed by atoms with Gasteiger partial charge in [0.2, 0.25) is 11.8 Å². The Labute approximate surface area is 171 Å². The summed E-state index contributed by atoms with van der Waals surface area (Å²) < 4.78 is 0. The summed E-state index contributed by atoms with van der Waals surface area (Å²) >= 11 is 13.1. The number of amides is 2. The molecular weight excluding hydrogens is 407 g/mol. The number of carbonyl (C=O) groups is 2. The third-order valence-electron chi connectivity index (χ3n) is 3.78. The second-order valence-corrected chi connectivity index (χ2v) is 8.04. The summed E-state index contributed by atoms with van der Waals surface area (Å²) in [5, 5.41) is 15.9. The predicted octanol–water partition coefficient (Wildman–Crippen LogP) is 4.05. The minimum Gasteiger partial charge on any atom is -0.325 e.